The lowest BCUT2D eigenvalue weighted by molar-refractivity contribution is -0.139. The molecule has 0 radical (unpaired) electrons. The van der Waals surface area contributed by atoms with Gasteiger partial charge in [-0.05, 0) is 43.9 Å². The molecule has 2 aliphatic rings. The van der Waals surface area contributed by atoms with Gasteiger partial charge in [0.1, 0.15) is 5.75 Å². The molecule has 0 saturated carbocycles. The number of hydrogen-bond acceptors (Lipinski definition) is 6. The third-order valence-corrected chi connectivity index (χ3v) is 6.88. The highest BCUT2D eigenvalue weighted by atomic mass is 16.5. The number of H-pyrrole nitrogens is 1. The summed E-state index contributed by atoms with van der Waals surface area (Å²) in [6.07, 6.45) is 3.22. The minimum atomic E-state index is -0.477. The minimum Gasteiger partial charge on any atom is -0.497 e. The standard InChI is InChI=1S/C25H29N5O4/c1-28(2)11-21(32)30-15-25(13-29(14-25)24(33)16-5-4-8-26-10-16)22-18-7-6-17(34-3)9-19(18)27-23(22)20(30)12-31/h4-10,20,27,31H,11-15H2,1-3H3/t20-/m0/s1. The normalized spacial score (nSPS) is 18.8. The van der Waals surface area contributed by atoms with E-state index < -0.39 is 11.5 Å². The molecule has 1 saturated heterocycles. The molecule has 2 aromatic heterocycles. The number of aromatic nitrogens is 2. The summed E-state index contributed by atoms with van der Waals surface area (Å²) in [5.74, 6) is 0.600. The second kappa shape index (κ2) is 8.41. The van der Waals surface area contributed by atoms with Crippen LogP contribution in [0.15, 0.2) is 42.7 Å². The first-order chi connectivity index (χ1) is 16.4. The molecule has 9 heteroatoms. The zero-order valence-electron chi connectivity index (χ0n) is 19.6. The summed E-state index contributed by atoms with van der Waals surface area (Å²) in [5, 5.41) is 11.4. The highest BCUT2D eigenvalue weighted by Gasteiger charge is 2.55. The molecule has 178 valence electrons. The Labute approximate surface area is 197 Å². The molecule has 1 fully saturated rings. The van der Waals surface area contributed by atoms with Crippen LogP contribution in [0.2, 0.25) is 0 Å². The predicted octanol–water partition coefficient (Wildman–Crippen LogP) is 1.40. The molecule has 3 aromatic rings. The first kappa shape index (κ1) is 22.4. The second-order valence-corrected chi connectivity index (χ2v) is 9.47. The topological polar surface area (TPSA) is 102 Å². The Balaban J connectivity index is 1.57. The molecule has 34 heavy (non-hydrogen) atoms. The van der Waals surface area contributed by atoms with Gasteiger partial charge in [0.25, 0.3) is 5.91 Å². The lowest BCUT2D eigenvalue weighted by Gasteiger charge is -2.56. The van der Waals surface area contributed by atoms with Crippen molar-refractivity contribution in [2.24, 2.45) is 0 Å². The van der Waals surface area contributed by atoms with E-state index in [1.165, 1.54) is 0 Å². The highest BCUT2D eigenvalue weighted by molar-refractivity contribution is 5.96. The number of likely N-dealkylation sites (N-methyl/N-ethyl adjacent to an activating group) is 1. The van der Waals surface area contributed by atoms with Gasteiger partial charge in [0.15, 0.2) is 0 Å². The van der Waals surface area contributed by atoms with E-state index in [0.29, 0.717) is 25.2 Å². The van der Waals surface area contributed by atoms with Crippen LogP contribution in [0.3, 0.4) is 0 Å². The average Bonchev–Trinajstić information content (AvgIpc) is 3.20. The zero-order valence-corrected chi connectivity index (χ0v) is 19.6. The highest BCUT2D eigenvalue weighted by Crippen LogP contribution is 2.48. The van der Waals surface area contributed by atoms with Gasteiger partial charge in [0, 0.05) is 54.7 Å². The van der Waals surface area contributed by atoms with Gasteiger partial charge in [-0.25, -0.2) is 0 Å². The molecule has 1 atom stereocenters. The third-order valence-electron chi connectivity index (χ3n) is 6.88. The number of hydrogen-bond donors (Lipinski definition) is 2. The number of carbonyl (C=O) groups is 2. The Bertz CT molecular complexity index is 1230. The summed E-state index contributed by atoms with van der Waals surface area (Å²) in [7, 11) is 5.32. The van der Waals surface area contributed by atoms with Gasteiger partial charge >= 0.3 is 0 Å². The van der Waals surface area contributed by atoms with Crippen LogP contribution in [0, 0.1) is 0 Å². The summed E-state index contributed by atoms with van der Waals surface area (Å²) in [6.45, 7) is 1.46. The van der Waals surface area contributed by atoms with E-state index in [1.807, 2.05) is 37.2 Å². The van der Waals surface area contributed by atoms with Crippen LogP contribution in [-0.4, -0.2) is 95.6 Å². The number of benzene rings is 1. The Hall–Kier alpha value is -3.43. The Morgan fingerprint density at radius 1 is 1.26 bits per heavy atom. The molecule has 2 aliphatic heterocycles. The molecule has 1 aromatic carbocycles. The molecule has 2 amide bonds. The van der Waals surface area contributed by atoms with Crippen LogP contribution >= 0.6 is 0 Å². The Kier molecular flexibility index (Phi) is 5.53. The molecular formula is C25H29N5O4. The number of fused-ring (bicyclic) bond motifs is 4. The quantitative estimate of drug-likeness (QED) is 0.593. The number of nitrogens with one attached hydrogen (secondary N) is 1. The van der Waals surface area contributed by atoms with Crippen LogP contribution < -0.4 is 4.74 Å². The van der Waals surface area contributed by atoms with E-state index in [9.17, 15) is 14.7 Å². The largest absolute Gasteiger partial charge is 0.497 e. The van der Waals surface area contributed by atoms with Crippen LogP contribution in [0.1, 0.15) is 27.7 Å². The molecular weight excluding hydrogens is 434 g/mol. The number of likely N-dealkylation sites (tertiary alicyclic amines) is 1. The van der Waals surface area contributed by atoms with Gasteiger partial charge < -0.3 is 29.5 Å². The maximum Gasteiger partial charge on any atom is 0.255 e. The number of ether oxygens (including phenoxy) is 1. The summed E-state index contributed by atoms with van der Waals surface area (Å²) in [6, 6.07) is 8.90. The maximum absolute atomic E-state index is 13.2. The van der Waals surface area contributed by atoms with Crippen molar-refractivity contribution in [2.45, 2.75) is 11.5 Å². The van der Waals surface area contributed by atoms with Crippen molar-refractivity contribution in [1.82, 2.24) is 24.7 Å². The molecule has 0 bridgehead atoms. The monoisotopic (exact) mass is 463 g/mol. The van der Waals surface area contributed by atoms with Gasteiger partial charge in [0.2, 0.25) is 5.91 Å². The fourth-order valence-corrected chi connectivity index (χ4v) is 5.39. The number of aliphatic hydroxyl groups excluding tert-OH is 1. The number of aromatic amines is 1. The van der Waals surface area contributed by atoms with Crippen molar-refractivity contribution in [3.05, 3.63) is 59.5 Å². The first-order valence-electron chi connectivity index (χ1n) is 11.3. The van der Waals surface area contributed by atoms with Gasteiger partial charge in [0.05, 0.1) is 37.3 Å². The van der Waals surface area contributed by atoms with Crippen LogP contribution in [0.25, 0.3) is 10.9 Å². The molecule has 0 aliphatic carbocycles. The number of methoxy groups -OCH3 is 1. The number of nitrogens with zero attached hydrogens (tertiary/aromatic N) is 4. The summed E-state index contributed by atoms with van der Waals surface area (Å²) in [5.41, 5.74) is 2.92. The number of rotatable bonds is 5. The van der Waals surface area contributed by atoms with Crippen LogP contribution in [0.4, 0.5) is 0 Å². The van der Waals surface area contributed by atoms with Crippen molar-refractivity contribution >= 4 is 22.7 Å². The van der Waals surface area contributed by atoms with E-state index in [2.05, 4.69) is 9.97 Å². The Morgan fingerprint density at radius 2 is 2.06 bits per heavy atom. The second-order valence-electron chi connectivity index (χ2n) is 9.47. The SMILES string of the molecule is COc1ccc2c3c([nH]c2c1)[C@H](CO)N(C(=O)CN(C)C)CC31CN(C(=O)c2cccnc2)C1. The van der Waals surface area contributed by atoms with Crippen molar-refractivity contribution in [1.29, 1.82) is 0 Å². The van der Waals surface area contributed by atoms with E-state index >= 15 is 0 Å². The molecule has 2 N–H and O–H groups in total. The summed E-state index contributed by atoms with van der Waals surface area (Å²) in [4.78, 5) is 39.2. The predicted molar refractivity (Wildman–Crippen MR) is 127 cm³/mol. The fraction of sp³-hybridized carbons (Fsp3) is 0.400. The lowest BCUT2D eigenvalue weighted by Crippen LogP contribution is -2.68. The number of carbonyl (C=O) groups excluding carboxylic acids is 2. The minimum absolute atomic E-state index is 0.0534. The van der Waals surface area contributed by atoms with E-state index in [-0.39, 0.29) is 25.0 Å². The molecule has 5 rings (SSSR count). The van der Waals surface area contributed by atoms with Gasteiger partial charge in [-0.1, -0.05) is 0 Å². The van der Waals surface area contributed by atoms with Crippen molar-refractivity contribution in [3.63, 3.8) is 0 Å². The van der Waals surface area contributed by atoms with Crippen molar-refractivity contribution < 1.29 is 19.4 Å². The number of amides is 2. The van der Waals surface area contributed by atoms with Gasteiger partial charge in [-0.2, -0.15) is 0 Å². The molecule has 9 nitrogen and oxygen atoms in total. The number of pyridine rings is 1. The lowest BCUT2D eigenvalue weighted by atomic mass is 9.68. The third kappa shape index (κ3) is 3.52. The molecule has 0 unspecified atom stereocenters. The van der Waals surface area contributed by atoms with E-state index in [0.717, 1.165) is 27.9 Å². The average molecular weight is 464 g/mol. The van der Waals surface area contributed by atoms with Crippen LogP contribution in [0.5, 0.6) is 5.75 Å². The molecule has 4 heterocycles. The number of aliphatic hydroxyl groups is 1. The zero-order chi connectivity index (χ0) is 24.0. The van der Waals surface area contributed by atoms with E-state index in [4.69, 9.17) is 4.74 Å². The molecule has 1 spiro atoms. The van der Waals surface area contributed by atoms with Gasteiger partial charge in [-0.3, -0.25) is 14.6 Å². The Morgan fingerprint density at radius 3 is 2.71 bits per heavy atom. The van der Waals surface area contributed by atoms with E-state index in [1.54, 1.807) is 41.4 Å². The van der Waals surface area contributed by atoms with Crippen LogP contribution in [-0.2, 0) is 10.2 Å². The summed E-state index contributed by atoms with van der Waals surface area (Å²) >= 11 is 0. The summed E-state index contributed by atoms with van der Waals surface area (Å²) < 4.78 is 5.40. The van der Waals surface area contributed by atoms with Gasteiger partial charge in [-0.15, -0.1) is 0 Å². The van der Waals surface area contributed by atoms with Crippen molar-refractivity contribution in [3.8, 4) is 5.75 Å². The fourth-order valence-electron chi connectivity index (χ4n) is 5.39. The smallest absolute Gasteiger partial charge is 0.255 e. The first-order valence-corrected chi connectivity index (χ1v) is 11.3. The van der Waals surface area contributed by atoms with Crippen molar-refractivity contribution in [2.75, 3.05) is 54.0 Å². The maximum atomic E-state index is 13.2.